The topological polar surface area (TPSA) is 38.0 Å². The van der Waals surface area contributed by atoms with E-state index in [1.54, 1.807) is 5.57 Å². The van der Waals surface area contributed by atoms with Crippen LogP contribution >= 0.6 is 0 Å². The van der Waals surface area contributed by atoms with Crippen molar-refractivity contribution in [1.29, 1.82) is 0 Å². The molecule has 3 unspecified atom stereocenters. The third-order valence-corrected chi connectivity index (χ3v) is 9.95. The molecule has 320 valence electrons. The molecule has 0 bridgehead atoms. The molecule has 1 rings (SSSR count). The molecule has 56 heavy (non-hydrogen) atoms. The number of nitrogens with two attached hydrogens (primary N) is 1. The summed E-state index contributed by atoms with van der Waals surface area (Å²) < 4.78 is 0. The van der Waals surface area contributed by atoms with Gasteiger partial charge in [-0.05, 0) is 108 Å². The fourth-order valence-electron chi connectivity index (χ4n) is 6.48. The van der Waals surface area contributed by atoms with Gasteiger partial charge in [0.1, 0.15) is 0 Å². The Morgan fingerprint density at radius 2 is 1.45 bits per heavy atom. The molecule has 2 nitrogen and oxygen atoms in total. The molecule has 0 saturated carbocycles. The van der Waals surface area contributed by atoms with Crippen LogP contribution in [0.15, 0.2) is 91.2 Å². The minimum absolute atomic E-state index is 0.281. The van der Waals surface area contributed by atoms with Crippen molar-refractivity contribution >= 4 is 0 Å². The number of unbranched alkanes of at least 4 members (excludes halogenated alkanes) is 5. The quantitative estimate of drug-likeness (QED) is 0.0531. The second-order valence-corrected chi connectivity index (χ2v) is 15.2. The van der Waals surface area contributed by atoms with Crippen LogP contribution in [0.5, 0.6) is 0 Å². The molecule has 0 amide bonds. The number of hydrogen-bond acceptors (Lipinski definition) is 2. The second-order valence-electron chi connectivity index (χ2n) is 15.2. The zero-order valence-electron chi connectivity index (χ0n) is 39.1. The van der Waals surface area contributed by atoms with Crippen LogP contribution in [0.2, 0.25) is 0 Å². The number of hydrogen-bond donors (Lipinski definition) is 2. The van der Waals surface area contributed by atoms with E-state index >= 15 is 0 Å². The van der Waals surface area contributed by atoms with Crippen LogP contribution in [-0.2, 0) is 0 Å². The lowest BCUT2D eigenvalue weighted by atomic mass is 9.80. The van der Waals surface area contributed by atoms with E-state index in [1.165, 1.54) is 101 Å². The van der Waals surface area contributed by atoms with Crippen molar-refractivity contribution in [2.24, 2.45) is 23.5 Å². The van der Waals surface area contributed by atoms with Crippen molar-refractivity contribution in [1.82, 2.24) is 5.32 Å². The average molecular weight is 771 g/mol. The molecule has 0 aromatic heterocycles. The van der Waals surface area contributed by atoms with Crippen LogP contribution in [0.3, 0.4) is 0 Å². The van der Waals surface area contributed by atoms with Gasteiger partial charge < -0.3 is 11.1 Å². The van der Waals surface area contributed by atoms with Crippen LogP contribution < -0.4 is 11.1 Å². The van der Waals surface area contributed by atoms with Gasteiger partial charge in [0.05, 0.1) is 0 Å². The molecule has 1 aromatic rings. The summed E-state index contributed by atoms with van der Waals surface area (Å²) in [5.41, 5.74) is 12.8. The molecule has 2 heteroatoms. The van der Waals surface area contributed by atoms with Crippen molar-refractivity contribution < 1.29 is 0 Å². The van der Waals surface area contributed by atoms with Gasteiger partial charge in [-0.1, -0.05) is 166 Å². The molecule has 0 fully saturated rings. The fourth-order valence-corrected chi connectivity index (χ4v) is 6.48. The highest BCUT2D eigenvalue weighted by atomic mass is 14.9. The maximum atomic E-state index is 5.59. The van der Waals surface area contributed by atoms with Gasteiger partial charge in [0.15, 0.2) is 0 Å². The summed E-state index contributed by atoms with van der Waals surface area (Å²) in [6.45, 7) is 38.4. The molecule has 0 aliphatic heterocycles. The highest BCUT2D eigenvalue weighted by molar-refractivity contribution is 5.29. The first kappa shape index (κ1) is 59.5. The number of terminal acetylenes is 1. The Morgan fingerprint density at radius 3 is 2.00 bits per heavy atom. The second kappa shape index (κ2) is 46.2. The molecular formula is C54H94N2. The van der Waals surface area contributed by atoms with E-state index in [-0.39, 0.29) is 5.92 Å². The van der Waals surface area contributed by atoms with Crippen molar-refractivity contribution in [2.75, 3.05) is 13.1 Å². The van der Waals surface area contributed by atoms with Crippen LogP contribution in [-0.4, -0.2) is 13.1 Å². The third kappa shape index (κ3) is 35.2. The summed E-state index contributed by atoms with van der Waals surface area (Å²) in [5, 5.41) is 3.45. The largest absolute Gasteiger partial charge is 0.388 e. The fraction of sp³-hybridized carbons (Fsp3) is 0.630. The van der Waals surface area contributed by atoms with E-state index in [0.717, 1.165) is 55.7 Å². The average Bonchev–Trinajstić information content (AvgIpc) is 3.23. The van der Waals surface area contributed by atoms with Crippen LogP contribution in [0.25, 0.3) is 0 Å². The molecule has 0 aliphatic carbocycles. The third-order valence-electron chi connectivity index (χ3n) is 9.95. The molecule has 0 radical (unpaired) electrons. The van der Waals surface area contributed by atoms with Gasteiger partial charge in [-0.25, -0.2) is 0 Å². The first-order valence-corrected chi connectivity index (χ1v) is 22.6. The number of allylic oxidation sites excluding steroid dienone is 6. The van der Waals surface area contributed by atoms with E-state index in [0.29, 0.717) is 6.54 Å². The molecule has 0 heterocycles. The lowest BCUT2D eigenvalue weighted by Gasteiger charge is -2.25. The van der Waals surface area contributed by atoms with E-state index in [1.807, 2.05) is 19.4 Å². The minimum atomic E-state index is 0.281. The Labute approximate surface area is 352 Å². The van der Waals surface area contributed by atoms with Crippen molar-refractivity contribution in [2.45, 2.75) is 191 Å². The van der Waals surface area contributed by atoms with Gasteiger partial charge in [-0.2, -0.15) is 0 Å². The number of rotatable bonds is 27. The van der Waals surface area contributed by atoms with Crippen LogP contribution in [0, 0.1) is 42.4 Å². The van der Waals surface area contributed by atoms with Crippen molar-refractivity contribution in [3.05, 3.63) is 96.8 Å². The summed E-state index contributed by atoms with van der Waals surface area (Å²) in [4.78, 5) is 0. The van der Waals surface area contributed by atoms with E-state index in [9.17, 15) is 0 Å². The maximum Gasteiger partial charge on any atom is 0.0272 e. The predicted molar refractivity (Wildman–Crippen MR) is 260 cm³/mol. The highest BCUT2D eigenvalue weighted by Gasteiger charge is 2.18. The molecule has 0 aliphatic rings. The van der Waals surface area contributed by atoms with Gasteiger partial charge in [0.25, 0.3) is 0 Å². The Morgan fingerprint density at radius 1 is 0.839 bits per heavy atom. The van der Waals surface area contributed by atoms with Gasteiger partial charge in [-0.15, -0.1) is 38.5 Å². The lowest BCUT2D eigenvalue weighted by Crippen LogP contribution is -2.21. The summed E-state index contributed by atoms with van der Waals surface area (Å²) in [5.74, 6) is 9.27. The molecule has 0 spiro atoms. The van der Waals surface area contributed by atoms with Gasteiger partial charge in [0.2, 0.25) is 0 Å². The van der Waals surface area contributed by atoms with Crippen LogP contribution in [0.1, 0.15) is 196 Å². The SMILES string of the molecule is C#C.C=C.C=C(NCCCN)C(C/C(C)=C/CC#CCCCC)c1ccccc1.C=CCCCC(CCCCC(C)CC)/C(CC(C)C)=C(/C)CCCC.CC. The zero-order chi connectivity index (χ0) is 43.4. The van der Waals surface area contributed by atoms with Gasteiger partial charge in [0, 0.05) is 31.0 Å². The van der Waals surface area contributed by atoms with E-state index in [4.69, 9.17) is 5.73 Å². The Kier molecular flexibility index (Phi) is 49.1. The summed E-state index contributed by atoms with van der Waals surface area (Å²) in [6, 6.07) is 10.6. The molecular weight excluding hydrogens is 677 g/mol. The normalized spacial score (nSPS) is 12.4. The van der Waals surface area contributed by atoms with Gasteiger partial charge >= 0.3 is 0 Å². The summed E-state index contributed by atoms with van der Waals surface area (Å²) in [6.07, 6.45) is 34.6. The van der Waals surface area contributed by atoms with E-state index < -0.39 is 0 Å². The van der Waals surface area contributed by atoms with Crippen molar-refractivity contribution in [3.63, 3.8) is 0 Å². The van der Waals surface area contributed by atoms with Crippen molar-refractivity contribution in [3.8, 4) is 24.7 Å². The minimum Gasteiger partial charge on any atom is -0.388 e. The monoisotopic (exact) mass is 771 g/mol. The summed E-state index contributed by atoms with van der Waals surface area (Å²) in [7, 11) is 0. The predicted octanol–water partition coefficient (Wildman–Crippen LogP) is 16.3. The number of benzene rings is 1. The van der Waals surface area contributed by atoms with E-state index in [2.05, 4.69) is 154 Å². The first-order chi connectivity index (χ1) is 27.1. The lowest BCUT2D eigenvalue weighted by molar-refractivity contribution is 0.415. The smallest absolute Gasteiger partial charge is 0.0272 e. The highest BCUT2D eigenvalue weighted by Crippen LogP contribution is 2.33. The first-order valence-electron chi connectivity index (χ1n) is 22.6. The van der Waals surface area contributed by atoms with Crippen LogP contribution in [0.4, 0.5) is 0 Å². The molecule has 0 saturated heterocycles. The molecule has 3 atom stereocenters. The number of nitrogens with one attached hydrogen (secondary N) is 1. The summed E-state index contributed by atoms with van der Waals surface area (Å²) >= 11 is 0. The molecule has 3 N–H and O–H groups in total. The Hall–Kier alpha value is -3.20. The zero-order valence-corrected chi connectivity index (χ0v) is 39.1. The van der Waals surface area contributed by atoms with Gasteiger partial charge in [-0.3, -0.25) is 0 Å². The standard InChI is InChI=1S/C25H48.C23H34N2.C2H6.C2H4.C2H2/c1-8-11-13-18-24(19-15-14-16-22(6)10-3)25(20-21(4)5)23(7)17-12-9-2;1-4-5-6-7-8-10-14-20(2)19-23(21(3)25-18-13-17-24)22-15-11-9-12-16-22;3*1-2/h8,21-22,24H,1,9-20H2,2-7H3;9,11-12,14-16,23,25H,3-6,10,13,17-19,24H2,1-2H3;1-2H3;1-2H2;1-2H/b25-23-;20-14+;;;. The Bertz CT molecular complexity index is 1160. The molecule has 1 aromatic carbocycles. The Balaban J connectivity index is -0.000000425. The maximum absolute atomic E-state index is 5.59.